The molecule has 0 aliphatic carbocycles. The second-order valence-corrected chi connectivity index (χ2v) is 16.8. The van der Waals surface area contributed by atoms with E-state index in [0.717, 1.165) is 62.3 Å². The molecule has 21 heteroatoms. The van der Waals surface area contributed by atoms with Gasteiger partial charge in [0.25, 0.3) is 0 Å². The lowest BCUT2D eigenvalue weighted by Crippen LogP contribution is -2.48. The summed E-state index contributed by atoms with van der Waals surface area (Å²) in [7, 11) is 0. The summed E-state index contributed by atoms with van der Waals surface area (Å²) in [5.74, 6) is 1.30. The molecular weight excluding hydrogens is 895 g/mol. The van der Waals surface area contributed by atoms with Crippen LogP contribution in [0.5, 0.6) is 28.7 Å². The number of amides is 4. The number of aliphatic hydroxyl groups excluding tert-OH is 2. The molecule has 2 saturated heterocycles. The summed E-state index contributed by atoms with van der Waals surface area (Å²) in [5, 5.41) is 34.3. The van der Waals surface area contributed by atoms with Crippen molar-refractivity contribution in [1.29, 1.82) is 0 Å². The van der Waals surface area contributed by atoms with E-state index < -0.39 is 66.3 Å². The van der Waals surface area contributed by atoms with Crippen molar-refractivity contribution in [1.82, 2.24) is 20.4 Å². The number of urea groups is 2. The Morgan fingerprint density at radius 2 is 1.21 bits per heavy atom. The summed E-state index contributed by atoms with van der Waals surface area (Å²) in [6.07, 6.45) is -9.66. The van der Waals surface area contributed by atoms with Gasteiger partial charge in [0.15, 0.2) is 23.0 Å². The first-order valence-corrected chi connectivity index (χ1v) is 21.8. The number of anilines is 2. The highest BCUT2D eigenvalue weighted by molar-refractivity contribution is 5.90. The van der Waals surface area contributed by atoms with Gasteiger partial charge < -0.3 is 65.0 Å². The summed E-state index contributed by atoms with van der Waals surface area (Å²) < 4.78 is 105. The number of fused-ring (bicyclic) bond motifs is 2. The van der Waals surface area contributed by atoms with E-state index in [4.69, 9.17) is 18.9 Å². The number of carbonyl (C=O) groups excluding carboxylic acids is 2. The molecule has 0 spiro atoms. The lowest BCUT2D eigenvalue weighted by atomic mass is 9.99. The Morgan fingerprint density at radius 3 is 1.79 bits per heavy atom. The number of hydrogen-bond donors (Lipinski definition) is 6. The van der Waals surface area contributed by atoms with Crippen molar-refractivity contribution >= 4 is 23.4 Å². The van der Waals surface area contributed by atoms with Gasteiger partial charge in [0, 0.05) is 36.9 Å². The molecule has 0 radical (unpaired) electrons. The largest absolute Gasteiger partial charge is 0.573 e. The van der Waals surface area contributed by atoms with E-state index in [1.165, 1.54) is 12.1 Å². The minimum atomic E-state index is -4.88. The maximum atomic E-state index is 13.4. The minimum absolute atomic E-state index is 0.0569. The van der Waals surface area contributed by atoms with Crippen LogP contribution in [-0.4, -0.2) is 116 Å². The number of hydrogen-bond acceptors (Lipinski definition) is 11. The van der Waals surface area contributed by atoms with Crippen molar-refractivity contribution in [2.24, 2.45) is 5.92 Å². The smallest absolute Gasteiger partial charge is 0.486 e. The number of ether oxygens (including phenoxy) is 5. The van der Waals surface area contributed by atoms with Crippen LogP contribution in [0.25, 0.3) is 0 Å². The van der Waals surface area contributed by atoms with Crippen molar-refractivity contribution in [3.8, 4) is 28.7 Å². The summed E-state index contributed by atoms with van der Waals surface area (Å²) >= 11 is 0. The van der Waals surface area contributed by atoms with Gasteiger partial charge in [-0.15, -0.1) is 13.2 Å². The van der Waals surface area contributed by atoms with E-state index in [1.54, 1.807) is 36.4 Å². The SMILES string of the molecule is O=C(Nc1ccc(C(F)(F)F)cc1)NC(CN1CCCC1)C(O)c1ccc2c(c1)OC(C1CCN(CC(NC(=O)Nc3ccc(OC(F)(F)F)cc3)C(O)c3ccc4c(c3)OCCO4)C1)CO2. The third-order valence-electron chi connectivity index (χ3n) is 12.1. The van der Waals surface area contributed by atoms with Gasteiger partial charge in [-0.25, -0.2) is 9.59 Å². The first-order valence-electron chi connectivity index (χ1n) is 21.8. The standard InChI is InChI=1S/C46H50F6N6O9/c47-45(48,49)30-5-7-31(8-6-30)53-43(61)55-34(24-57-16-1-2-17-57)42(60)28-4-14-37-39(22-28)66-40(26-65-37)29-15-18-58(23-29)25-35(41(59)27-3-13-36-38(21-27)64-20-19-63-36)56-44(62)54-32-9-11-33(12-10-32)67-46(50,51)52/h3-14,21-22,29,34-35,40-42,59-60H,1-2,15-20,23-26H2,(H2,53,55,61)(H2,54,56,62). The van der Waals surface area contributed by atoms with Gasteiger partial charge in [-0.3, -0.25) is 0 Å². The molecule has 4 aromatic carbocycles. The van der Waals surface area contributed by atoms with Crippen molar-refractivity contribution < 1.29 is 69.8 Å². The van der Waals surface area contributed by atoms with Gasteiger partial charge in [0.1, 0.15) is 43.9 Å². The molecule has 0 bridgehead atoms. The predicted octanol–water partition coefficient (Wildman–Crippen LogP) is 7.08. The summed E-state index contributed by atoms with van der Waals surface area (Å²) in [6.45, 7) is 4.04. The van der Waals surface area contributed by atoms with Crippen LogP contribution < -0.4 is 45.0 Å². The number of halogens is 6. The van der Waals surface area contributed by atoms with Crippen molar-refractivity contribution in [2.75, 3.05) is 69.7 Å². The van der Waals surface area contributed by atoms with Crippen LogP contribution in [-0.2, 0) is 6.18 Å². The Bertz CT molecular complexity index is 2340. The number of alkyl halides is 6. The molecule has 4 aliphatic rings. The first kappa shape index (κ1) is 47.3. The average Bonchev–Trinajstić information content (AvgIpc) is 4.00. The number of benzene rings is 4. The monoisotopic (exact) mass is 944 g/mol. The van der Waals surface area contributed by atoms with Crippen molar-refractivity contribution in [2.45, 2.75) is 62.2 Å². The number of nitrogens with zero attached hydrogens (tertiary/aromatic N) is 2. The number of rotatable bonds is 14. The summed E-state index contributed by atoms with van der Waals surface area (Å²) in [6, 6.07) is 15.6. The molecular formula is C46H50F6N6O9. The van der Waals surface area contributed by atoms with Crippen LogP contribution in [0.2, 0.25) is 0 Å². The van der Waals surface area contributed by atoms with Gasteiger partial charge in [0.05, 0.1) is 17.6 Å². The Morgan fingerprint density at radius 1 is 0.672 bits per heavy atom. The second kappa shape index (κ2) is 20.4. The zero-order chi connectivity index (χ0) is 47.3. The normalized spacial score (nSPS) is 20.3. The molecule has 0 aromatic heterocycles. The highest BCUT2D eigenvalue weighted by Crippen LogP contribution is 2.39. The molecule has 4 aromatic rings. The van der Waals surface area contributed by atoms with E-state index >= 15 is 0 Å². The fraction of sp³-hybridized carbons (Fsp3) is 0.435. The Kier molecular flexibility index (Phi) is 14.4. The minimum Gasteiger partial charge on any atom is -0.486 e. The zero-order valence-electron chi connectivity index (χ0n) is 35.9. The third-order valence-corrected chi connectivity index (χ3v) is 12.1. The lowest BCUT2D eigenvalue weighted by molar-refractivity contribution is -0.274. The Labute approximate surface area is 381 Å². The van der Waals surface area contributed by atoms with Gasteiger partial charge in [-0.1, -0.05) is 12.1 Å². The van der Waals surface area contributed by atoms with Gasteiger partial charge >= 0.3 is 24.6 Å². The molecule has 4 heterocycles. The van der Waals surface area contributed by atoms with Gasteiger partial charge in [0.2, 0.25) is 0 Å². The lowest BCUT2D eigenvalue weighted by Gasteiger charge is -2.33. The van der Waals surface area contributed by atoms with Crippen LogP contribution >= 0.6 is 0 Å². The molecule has 6 atom stereocenters. The number of carbonyl (C=O) groups is 2. The molecule has 8 rings (SSSR count). The summed E-state index contributed by atoms with van der Waals surface area (Å²) in [4.78, 5) is 30.7. The van der Waals surface area contributed by atoms with E-state index in [1.807, 2.05) is 0 Å². The van der Waals surface area contributed by atoms with Gasteiger partial charge in [-0.05, 0) is 123 Å². The average molecular weight is 945 g/mol. The highest BCUT2D eigenvalue weighted by Gasteiger charge is 2.38. The Balaban J connectivity index is 0.918. The maximum absolute atomic E-state index is 13.4. The van der Waals surface area contributed by atoms with Crippen LogP contribution in [0.3, 0.4) is 0 Å². The molecule has 4 aliphatic heterocycles. The fourth-order valence-corrected chi connectivity index (χ4v) is 8.69. The molecule has 2 fully saturated rings. The summed E-state index contributed by atoms with van der Waals surface area (Å²) in [5.41, 5.74) is 0.384. The van der Waals surface area contributed by atoms with Crippen LogP contribution in [0.1, 0.15) is 48.2 Å². The third kappa shape index (κ3) is 12.4. The van der Waals surface area contributed by atoms with Crippen LogP contribution in [0.4, 0.5) is 47.3 Å². The molecule has 360 valence electrons. The first-order chi connectivity index (χ1) is 32.0. The number of nitrogens with one attached hydrogen (secondary N) is 4. The fourth-order valence-electron chi connectivity index (χ4n) is 8.69. The zero-order valence-corrected chi connectivity index (χ0v) is 35.9. The predicted molar refractivity (Wildman–Crippen MR) is 230 cm³/mol. The maximum Gasteiger partial charge on any atom is 0.573 e. The molecule has 6 unspecified atom stereocenters. The van der Waals surface area contributed by atoms with Crippen molar-refractivity contribution in [3.63, 3.8) is 0 Å². The van der Waals surface area contributed by atoms with E-state index in [0.29, 0.717) is 73.4 Å². The van der Waals surface area contributed by atoms with Gasteiger partial charge in [-0.2, -0.15) is 13.2 Å². The quantitative estimate of drug-likeness (QED) is 0.0713. The van der Waals surface area contributed by atoms with E-state index in [9.17, 15) is 46.1 Å². The molecule has 6 N–H and O–H groups in total. The molecule has 15 nitrogen and oxygen atoms in total. The Hall–Kier alpha value is -6.16. The van der Waals surface area contributed by atoms with Crippen LogP contribution in [0, 0.1) is 5.92 Å². The second-order valence-electron chi connectivity index (χ2n) is 16.8. The number of aliphatic hydroxyl groups is 2. The molecule has 0 saturated carbocycles. The van der Waals surface area contributed by atoms with Crippen molar-refractivity contribution in [3.05, 3.63) is 102 Å². The highest BCUT2D eigenvalue weighted by atomic mass is 19.4. The van der Waals surface area contributed by atoms with Crippen LogP contribution in [0.15, 0.2) is 84.9 Å². The van der Waals surface area contributed by atoms with E-state index in [-0.39, 0.29) is 30.4 Å². The molecule has 4 amide bonds. The number of likely N-dealkylation sites (tertiary alicyclic amines) is 2. The topological polar surface area (TPSA) is 175 Å². The van der Waals surface area contributed by atoms with E-state index in [2.05, 4.69) is 35.8 Å². The molecule has 67 heavy (non-hydrogen) atoms.